The second kappa shape index (κ2) is 5.44. The molecule has 3 heteroatoms. The molecule has 0 saturated heterocycles. The van der Waals surface area contributed by atoms with Crippen LogP contribution in [0.15, 0.2) is 29.0 Å². The number of carbonyl (C=O) groups excluding carboxylic acids is 1. The van der Waals surface area contributed by atoms with Crippen LogP contribution in [0.25, 0.3) is 0 Å². The van der Waals surface area contributed by atoms with E-state index in [1.54, 1.807) is 12.4 Å². The first-order valence-corrected chi connectivity index (χ1v) is 3.03. The molecule has 9 heavy (non-hydrogen) atoms. The Morgan fingerprint density at radius 3 is 2.00 bits per heavy atom. The van der Waals surface area contributed by atoms with E-state index in [0.717, 1.165) is 4.47 Å². The van der Waals surface area contributed by atoms with Gasteiger partial charge in [-0.15, -0.1) is 0 Å². The van der Waals surface area contributed by atoms with Gasteiger partial charge in [-0.1, -0.05) is 15.9 Å². The van der Waals surface area contributed by atoms with Crippen LogP contribution >= 0.6 is 15.9 Å². The third kappa shape index (κ3) is 3.85. The Labute approximate surface area is 62.1 Å². The molecule has 0 aliphatic heterocycles. The van der Waals surface area contributed by atoms with Gasteiger partial charge in [-0.05, 0) is 12.1 Å². The molecule has 0 spiro atoms. The van der Waals surface area contributed by atoms with Crippen molar-refractivity contribution >= 4 is 22.7 Å². The predicted octanol–water partition coefficient (Wildman–Crippen LogP) is 1.66. The highest BCUT2D eigenvalue weighted by molar-refractivity contribution is 9.10. The van der Waals surface area contributed by atoms with Crippen molar-refractivity contribution < 1.29 is 4.79 Å². The third-order valence-electron chi connectivity index (χ3n) is 0.640. The second-order valence-corrected chi connectivity index (χ2v) is 2.08. The zero-order valence-electron chi connectivity index (χ0n) is 4.75. The third-order valence-corrected chi connectivity index (χ3v) is 1.17. The largest absolute Gasteiger partial charge is 0.307 e. The van der Waals surface area contributed by atoms with Crippen molar-refractivity contribution in [3.63, 3.8) is 0 Å². The lowest BCUT2D eigenvalue weighted by atomic mass is 10.5. The van der Waals surface area contributed by atoms with E-state index in [1.807, 2.05) is 18.9 Å². The Hall–Kier alpha value is -0.700. The Balaban J connectivity index is 0.000000291. The monoisotopic (exact) mass is 187 g/mol. The lowest BCUT2D eigenvalue weighted by molar-refractivity contribution is -0.0979. The molecule has 2 nitrogen and oxygen atoms in total. The van der Waals surface area contributed by atoms with E-state index < -0.39 is 0 Å². The molecule has 0 fully saturated rings. The fourth-order valence-electron chi connectivity index (χ4n) is 0.334. The molecular formula is C6H6BrNO. The van der Waals surface area contributed by atoms with Crippen molar-refractivity contribution in [2.45, 2.75) is 0 Å². The molecule has 0 aliphatic carbocycles. The number of nitrogens with zero attached hydrogens (tertiary/aromatic N) is 1. The number of halogens is 1. The highest BCUT2D eigenvalue weighted by Crippen LogP contribution is 2.03. The number of hydrogen-bond acceptors (Lipinski definition) is 2. The predicted molar refractivity (Wildman–Crippen MR) is 39.1 cm³/mol. The summed E-state index contributed by atoms with van der Waals surface area (Å²) in [5.74, 6) is 0. The summed E-state index contributed by atoms with van der Waals surface area (Å²) < 4.78 is 1.07. The van der Waals surface area contributed by atoms with Crippen LogP contribution in [0.3, 0.4) is 0 Å². The number of carbonyl (C=O) groups is 1. The molecule has 1 heterocycles. The SMILES string of the molecule is Brc1ccncc1.C=O. The topological polar surface area (TPSA) is 30.0 Å². The van der Waals surface area contributed by atoms with Crippen LogP contribution in [0.2, 0.25) is 0 Å². The molecule has 0 saturated carbocycles. The number of hydrogen-bond donors (Lipinski definition) is 0. The molecule has 0 N–H and O–H groups in total. The average molecular weight is 188 g/mol. The van der Waals surface area contributed by atoms with Gasteiger partial charge >= 0.3 is 0 Å². The van der Waals surface area contributed by atoms with Gasteiger partial charge in [0, 0.05) is 16.9 Å². The second-order valence-electron chi connectivity index (χ2n) is 1.17. The van der Waals surface area contributed by atoms with Crippen molar-refractivity contribution in [1.82, 2.24) is 4.98 Å². The van der Waals surface area contributed by atoms with Crippen LogP contribution in [0.5, 0.6) is 0 Å². The van der Waals surface area contributed by atoms with Crippen molar-refractivity contribution in [3.05, 3.63) is 29.0 Å². The summed E-state index contributed by atoms with van der Waals surface area (Å²) in [5.41, 5.74) is 0. The Bertz CT molecular complexity index is 154. The van der Waals surface area contributed by atoms with Gasteiger partial charge in [0.2, 0.25) is 0 Å². The summed E-state index contributed by atoms with van der Waals surface area (Å²) in [5, 5.41) is 0. The van der Waals surface area contributed by atoms with Gasteiger partial charge in [0.25, 0.3) is 0 Å². The fourth-order valence-corrected chi connectivity index (χ4v) is 0.570. The molecular weight excluding hydrogens is 182 g/mol. The zero-order valence-corrected chi connectivity index (χ0v) is 6.34. The summed E-state index contributed by atoms with van der Waals surface area (Å²) in [4.78, 5) is 11.8. The molecule has 0 unspecified atom stereocenters. The van der Waals surface area contributed by atoms with Gasteiger partial charge in [-0.25, -0.2) is 0 Å². The van der Waals surface area contributed by atoms with E-state index in [1.165, 1.54) is 0 Å². The zero-order chi connectivity index (χ0) is 7.11. The maximum absolute atomic E-state index is 8.00. The quantitative estimate of drug-likeness (QED) is 0.619. The first kappa shape index (κ1) is 8.30. The average Bonchev–Trinajstić information content (AvgIpc) is 1.94. The smallest absolute Gasteiger partial charge is 0.106 e. The van der Waals surface area contributed by atoms with Gasteiger partial charge in [0.1, 0.15) is 6.79 Å². The molecule has 1 aromatic rings. The van der Waals surface area contributed by atoms with Crippen molar-refractivity contribution in [2.24, 2.45) is 0 Å². The van der Waals surface area contributed by atoms with E-state index in [4.69, 9.17) is 4.79 Å². The summed E-state index contributed by atoms with van der Waals surface area (Å²) in [6.07, 6.45) is 3.48. The molecule has 0 aliphatic rings. The van der Waals surface area contributed by atoms with Gasteiger partial charge < -0.3 is 4.79 Å². The molecule has 0 atom stereocenters. The lowest BCUT2D eigenvalue weighted by Gasteiger charge is -1.80. The van der Waals surface area contributed by atoms with Crippen molar-refractivity contribution in [3.8, 4) is 0 Å². The van der Waals surface area contributed by atoms with Gasteiger partial charge in [-0.2, -0.15) is 0 Å². The fraction of sp³-hybridized carbons (Fsp3) is 0. The number of pyridine rings is 1. The van der Waals surface area contributed by atoms with Gasteiger partial charge in [0.15, 0.2) is 0 Å². The van der Waals surface area contributed by atoms with Crippen LogP contribution in [-0.2, 0) is 4.79 Å². The lowest BCUT2D eigenvalue weighted by Crippen LogP contribution is -1.63. The van der Waals surface area contributed by atoms with Crippen molar-refractivity contribution in [2.75, 3.05) is 0 Å². The molecule has 0 bridgehead atoms. The molecule has 48 valence electrons. The van der Waals surface area contributed by atoms with Crippen LogP contribution < -0.4 is 0 Å². The van der Waals surface area contributed by atoms with Crippen LogP contribution in [0.1, 0.15) is 0 Å². The maximum atomic E-state index is 8.00. The van der Waals surface area contributed by atoms with E-state index in [9.17, 15) is 0 Å². The number of aromatic nitrogens is 1. The maximum Gasteiger partial charge on any atom is 0.106 e. The molecule has 0 aromatic carbocycles. The molecule has 1 aromatic heterocycles. The van der Waals surface area contributed by atoms with Crippen LogP contribution in [0, 0.1) is 0 Å². The highest BCUT2D eigenvalue weighted by Gasteiger charge is 1.75. The number of rotatable bonds is 0. The van der Waals surface area contributed by atoms with E-state index >= 15 is 0 Å². The highest BCUT2D eigenvalue weighted by atomic mass is 79.9. The van der Waals surface area contributed by atoms with E-state index in [0.29, 0.717) is 0 Å². The first-order valence-electron chi connectivity index (χ1n) is 2.24. The molecule has 0 radical (unpaired) electrons. The molecule has 0 amide bonds. The van der Waals surface area contributed by atoms with Gasteiger partial charge in [0.05, 0.1) is 0 Å². The van der Waals surface area contributed by atoms with Crippen LogP contribution in [0.4, 0.5) is 0 Å². The van der Waals surface area contributed by atoms with Crippen LogP contribution in [-0.4, -0.2) is 11.8 Å². The summed E-state index contributed by atoms with van der Waals surface area (Å²) in [6, 6.07) is 3.78. The normalized spacial score (nSPS) is 7.22. The molecule has 1 rings (SSSR count). The first-order chi connectivity index (χ1) is 4.39. The summed E-state index contributed by atoms with van der Waals surface area (Å²) in [7, 11) is 0. The summed E-state index contributed by atoms with van der Waals surface area (Å²) in [6.45, 7) is 2.00. The van der Waals surface area contributed by atoms with E-state index in [2.05, 4.69) is 20.9 Å². The standard InChI is InChI=1S/C5H4BrN.CH2O/c6-5-1-3-7-4-2-5;1-2/h1-4H;1H2. The minimum absolute atomic E-state index is 1.07. The van der Waals surface area contributed by atoms with E-state index in [-0.39, 0.29) is 0 Å². The Morgan fingerprint density at radius 1 is 1.33 bits per heavy atom. The van der Waals surface area contributed by atoms with Crippen molar-refractivity contribution in [1.29, 1.82) is 0 Å². The minimum Gasteiger partial charge on any atom is -0.307 e. The van der Waals surface area contributed by atoms with Gasteiger partial charge in [-0.3, -0.25) is 4.98 Å². The summed E-state index contributed by atoms with van der Waals surface area (Å²) >= 11 is 3.27. The Kier molecular flexibility index (Phi) is 5.01. The minimum atomic E-state index is 1.07. The Morgan fingerprint density at radius 2 is 1.78 bits per heavy atom.